The minimum atomic E-state index is -4.74. The maximum Gasteiger partial charge on any atom is 0.428 e. The van der Waals surface area contributed by atoms with E-state index < -0.39 is 24.9 Å². The number of hydrogen-bond acceptors (Lipinski definition) is 5. The summed E-state index contributed by atoms with van der Waals surface area (Å²) in [7, 11) is 0. The molecule has 8 heteroatoms. The normalized spacial score (nSPS) is 17.9. The predicted octanol–water partition coefficient (Wildman–Crippen LogP) is 10.4. The molecule has 240 valence electrons. The van der Waals surface area contributed by atoms with Crippen molar-refractivity contribution < 1.29 is 27.4 Å². The Bertz CT molecular complexity index is 1050. The van der Waals surface area contributed by atoms with Gasteiger partial charge in [0.1, 0.15) is 6.61 Å². The number of benzene rings is 1. The van der Waals surface area contributed by atoms with Crippen LogP contribution in [0.2, 0.25) is 0 Å². The highest BCUT2D eigenvalue weighted by Gasteiger charge is 2.43. The van der Waals surface area contributed by atoms with E-state index in [1.165, 1.54) is 75.8 Å². The third kappa shape index (κ3) is 12.5. The van der Waals surface area contributed by atoms with Gasteiger partial charge in [0, 0.05) is 18.1 Å². The highest BCUT2D eigenvalue weighted by atomic mass is 19.4. The number of alkyl halides is 3. The van der Waals surface area contributed by atoms with Gasteiger partial charge in [0.05, 0.1) is 5.69 Å². The lowest BCUT2D eigenvalue weighted by molar-refractivity contribution is -0.227. The first kappa shape index (κ1) is 34.8. The van der Waals surface area contributed by atoms with Gasteiger partial charge in [0.25, 0.3) is 0 Å². The standard InChI is InChI=1S/C35H51F3N2O3/c1-3-5-7-9-10-11-12-16-27-20-22-28(23-21-27)29-17-14-15-18-30(29)31-24-25-33(40-39-31)42-26-32(35(36,37)38)43-34(41)19-13-8-6-4-2/h14-15,17-18,24-25,27-28,32H,3-13,16,19-23,26H2,1-2H3. The van der Waals surface area contributed by atoms with Gasteiger partial charge in [-0.2, -0.15) is 13.2 Å². The van der Waals surface area contributed by atoms with Crippen LogP contribution in [-0.4, -0.2) is 35.1 Å². The molecule has 0 N–H and O–H groups in total. The van der Waals surface area contributed by atoms with Crippen molar-refractivity contribution in [2.45, 2.75) is 141 Å². The molecule has 0 bridgehead atoms. The van der Waals surface area contributed by atoms with Gasteiger partial charge >= 0.3 is 12.1 Å². The Kier molecular flexibility index (Phi) is 15.3. The summed E-state index contributed by atoms with van der Waals surface area (Å²) in [6.45, 7) is 3.41. The van der Waals surface area contributed by atoms with Crippen LogP contribution >= 0.6 is 0 Å². The van der Waals surface area contributed by atoms with E-state index in [2.05, 4.69) is 29.3 Å². The van der Waals surface area contributed by atoms with Gasteiger partial charge in [-0.1, -0.05) is 109 Å². The molecule has 1 aromatic heterocycles. The van der Waals surface area contributed by atoms with Gasteiger partial charge in [-0.25, -0.2) is 0 Å². The summed E-state index contributed by atoms with van der Waals surface area (Å²) in [5.74, 6) is 0.367. The average molecular weight is 605 g/mol. The smallest absolute Gasteiger partial charge is 0.428 e. The number of rotatable bonds is 19. The molecule has 0 amide bonds. The molecular weight excluding hydrogens is 553 g/mol. The number of hydrogen-bond donors (Lipinski definition) is 0. The average Bonchev–Trinajstić information content (AvgIpc) is 3.01. The number of nitrogens with zero attached hydrogens (tertiary/aromatic N) is 2. The topological polar surface area (TPSA) is 61.3 Å². The molecule has 1 aliphatic carbocycles. The molecule has 1 heterocycles. The first-order valence-electron chi connectivity index (χ1n) is 16.6. The van der Waals surface area contributed by atoms with Crippen LogP contribution in [0.15, 0.2) is 36.4 Å². The Balaban J connectivity index is 1.50. The third-order valence-electron chi connectivity index (χ3n) is 8.64. The summed E-state index contributed by atoms with van der Waals surface area (Å²) in [5.41, 5.74) is 2.92. The molecule has 1 aromatic carbocycles. The SMILES string of the molecule is CCCCCCCCCC1CCC(c2ccccc2-c2ccc(OCC(OC(=O)CCCCCC)C(F)(F)F)nn2)CC1. The van der Waals surface area contributed by atoms with Gasteiger partial charge in [0.15, 0.2) is 0 Å². The Morgan fingerprint density at radius 2 is 1.49 bits per heavy atom. The molecule has 0 saturated heterocycles. The fourth-order valence-electron chi connectivity index (χ4n) is 6.05. The summed E-state index contributed by atoms with van der Waals surface area (Å²) in [5, 5.41) is 8.33. The molecule has 1 saturated carbocycles. The molecule has 3 rings (SSSR count). The number of carbonyl (C=O) groups is 1. The number of halogens is 3. The maximum absolute atomic E-state index is 13.5. The molecule has 0 aliphatic heterocycles. The quantitative estimate of drug-likeness (QED) is 0.118. The van der Waals surface area contributed by atoms with E-state index >= 15 is 0 Å². The first-order chi connectivity index (χ1) is 20.8. The van der Waals surface area contributed by atoms with Gasteiger partial charge < -0.3 is 9.47 Å². The van der Waals surface area contributed by atoms with E-state index in [-0.39, 0.29) is 12.3 Å². The minimum absolute atomic E-state index is 0.0403. The van der Waals surface area contributed by atoms with Crippen molar-refractivity contribution in [3.63, 3.8) is 0 Å². The number of ether oxygens (including phenoxy) is 2. The van der Waals surface area contributed by atoms with Crippen LogP contribution in [-0.2, 0) is 9.53 Å². The lowest BCUT2D eigenvalue weighted by Gasteiger charge is -2.30. The Morgan fingerprint density at radius 3 is 2.14 bits per heavy atom. The molecule has 0 spiro atoms. The highest BCUT2D eigenvalue weighted by Crippen LogP contribution is 2.41. The molecular formula is C35H51F3N2O3. The van der Waals surface area contributed by atoms with Crippen molar-refractivity contribution in [3.8, 4) is 17.1 Å². The molecule has 5 nitrogen and oxygen atoms in total. The Morgan fingerprint density at radius 1 is 0.837 bits per heavy atom. The summed E-state index contributed by atoms with van der Waals surface area (Å²) >= 11 is 0. The van der Waals surface area contributed by atoms with Crippen LogP contribution in [0.1, 0.15) is 134 Å². The second-order valence-corrected chi connectivity index (χ2v) is 12.1. The zero-order chi connectivity index (χ0) is 30.9. The maximum atomic E-state index is 13.5. The molecule has 1 atom stereocenters. The van der Waals surface area contributed by atoms with E-state index in [1.54, 1.807) is 6.07 Å². The van der Waals surface area contributed by atoms with Crippen LogP contribution < -0.4 is 4.74 Å². The fourth-order valence-corrected chi connectivity index (χ4v) is 6.05. The minimum Gasteiger partial charge on any atom is -0.472 e. The molecule has 1 fully saturated rings. The highest BCUT2D eigenvalue weighted by molar-refractivity contribution is 5.69. The monoisotopic (exact) mass is 604 g/mol. The van der Waals surface area contributed by atoms with Crippen LogP contribution in [0.3, 0.4) is 0 Å². The number of esters is 1. The predicted molar refractivity (Wildman–Crippen MR) is 165 cm³/mol. The van der Waals surface area contributed by atoms with Gasteiger partial charge in [0.2, 0.25) is 12.0 Å². The molecule has 1 aliphatic rings. The van der Waals surface area contributed by atoms with E-state index in [0.717, 1.165) is 43.6 Å². The largest absolute Gasteiger partial charge is 0.472 e. The Hall–Kier alpha value is -2.64. The van der Waals surface area contributed by atoms with Crippen molar-refractivity contribution in [1.82, 2.24) is 10.2 Å². The van der Waals surface area contributed by atoms with Crippen LogP contribution in [0.5, 0.6) is 5.88 Å². The van der Waals surface area contributed by atoms with Gasteiger partial charge in [-0.3, -0.25) is 4.79 Å². The summed E-state index contributed by atoms with van der Waals surface area (Å²) < 4.78 is 50.5. The Labute approximate surface area is 256 Å². The molecule has 43 heavy (non-hydrogen) atoms. The van der Waals surface area contributed by atoms with E-state index in [9.17, 15) is 18.0 Å². The summed E-state index contributed by atoms with van der Waals surface area (Å²) in [4.78, 5) is 12.0. The van der Waals surface area contributed by atoms with E-state index in [4.69, 9.17) is 9.47 Å². The zero-order valence-corrected chi connectivity index (χ0v) is 26.2. The van der Waals surface area contributed by atoms with Crippen molar-refractivity contribution in [2.24, 2.45) is 5.92 Å². The second kappa shape index (κ2) is 18.9. The van der Waals surface area contributed by atoms with Crippen molar-refractivity contribution in [1.29, 1.82) is 0 Å². The molecule has 2 aromatic rings. The second-order valence-electron chi connectivity index (χ2n) is 12.1. The molecule has 0 radical (unpaired) electrons. The fraction of sp³-hybridized carbons (Fsp3) is 0.686. The third-order valence-corrected chi connectivity index (χ3v) is 8.64. The summed E-state index contributed by atoms with van der Waals surface area (Å²) in [6.07, 6.45) is 11.7. The van der Waals surface area contributed by atoms with E-state index in [1.807, 2.05) is 19.1 Å². The number of unbranched alkanes of at least 4 members (excludes halogenated alkanes) is 9. The van der Waals surface area contributed by atoms with Crippen LogP contribution in [0.25, 0.3) is 11.3 Å². The van der Waals surface area contributed by atoms with E-state index in [0.29, 0.717) is 18.0 Å². The zero-order valence-electron chi connectivity index (χ0n) is 26.2. The summed E-state index contributed by atoms with van der Waals surface area (Å²) in [6, 6.07) is 11.5. The molecule has 1 unspecified atom stereocenters. The van der Waals surface area contributed by atoms with Crippen LogP contribution in [0, 0.1) is 5.92 Å². The lowest BCUT2D eigenvalue weighted by atomic mass is 9.75. The van der Waals surface area contributed by atoms with Gasteiger partial charge in [-0.15, -0.1) is 10.2 Å². The van der Waals surface area contributed by atoms with Crippen LogP contribution in [0.4, 0.5) is 13.2 Å². The van der Waals surface area contributed by atoms with Crippen molar-refractivity contribution in [2.75, 3.05) is 6.61 Å². The van der Waals surface area contributed by atoms with Crippen molar-refractivity contribution in [3.05, 3.63) is 42.0 Å². The number of carbonyl (C=O) groups excluding carboxylic acids is 1. The van der Waals surface area contributed by atoms with Gasteiger partial charge in [-0.05, 0) is 55.6 Å². The van der Waals surface area contributed by atoms with Crippen molar-refractivity contribution >= 4 is 5.97 Å². The first-order valence-corrected chi connectivity index (χ1v) is 16.6. The number of aromatic nitrogens is 2. The lowest BCUT2D eigenvalue weighted by Crippen LogP contribution is -2.38.